The molecule has 0 atom stereocenters. The van der Waals surface area contributed by atoms with Crippen molar-refractivity contribution in [2.45, 2.75) is 18.8 Å². The Morgan fingerprint density at radius 1 is 0.964 bits per heavy atom. The highest BCUT2D eigenvalue weighted by Crippen LogP contribution is 2.44. The van der Waals surface area contributed by atoms with Gasteiger partial charge in [0.15, 0.2) is 0 Å². The number of aromatic nitrogens is 2. The number of pyridine rings is 2. The van der Waals surface area contributed by atoms with Gasteiger partial charge < -0.3 is 9.67 Å². The fourth-order valence-corrected chi connectivity index (χ4v) is 3.75. The van der Waals surface area contributed by atoms with E-state index in [0.717, 1.165) is 33.4 Å². The van der Waals surface area contributed by atoms with Crippen LogP contribution in [0.2, 0.25) is 0 Å². The Morgan fingerprint density at radius 3 is 2.50 bits per heavy atom. The van der Waals surface area contributed by atoms with Gasteiger partial charge in [-0.1, -0.05) is 36.4 Å². The molecule has 2 aromatic carbocycles. The maximum atomic E-state index is 12.1. The Kier molecular flexibility index (Phi) is 3.79. The van der Waals surface area contributed by atoms with Crippen LogP contribution in [0.1, 0.15) is 24.3 Å². The molecule has 0 radical (unpaired) electrons. The predicted molar refractivity (Wildman–Crippen MR) is 111 cm³/mol. The number of fused-ring (bicyclic) bond motifs is 1. The van der Waals surface area contributed by atoms with Crippen LogP contribution < -0.4 is 5.56 Å². The topological polar surface area (TPSA) is 55.1 Å². The molecule has 1 aliphatic carbocycles. The van der Waals surface area contributed by atoms with Gasteiger partial charge in [0.1, 0.15) is 5.75 Å². The molecule has 0 aliphatic heterocycles. The normalized spacial score (nSPS) is 13.8. The van der Waals surface area contributed by atoms with Crippen LogP contribution in [0.3, 0.4) is 0 Å². The van der Waals surface area contributed by atoms with Gasteiger partial charge in [0.2, 0.25) is 0 Å². The molecule has 0 bridgehead atoms. The van der Waals surface area contributed by atoms with Crippen LogP contribution in [-0.4, -0.2) is 14.7 Å². The molecule has 5 rings (SSSR count). The highest BCUT2D eigenvalue weighted by molar-refractivity contribution is 5.91. The number of aryl methyl sites for hydroxylation is 1. The molecule has 138 valence electrons. The summed E-state index contributed by atoms with van der Waals surface area (Å²) >= 11 is 0. The minimum atomic E-state index is -0.0698. The van der Waals surface area contributed by atoms with E-state index in [2.05, 4.69) is 6.07 Å². The van der Waals surface area contributed by atoms with Crippen LogP contribution in [-0.2, 0) is 7.05 Å². The smallest absolute Gasteiger partial charge is 0.250 e. The van der Waals surface area contributed by atoms with Gasteiger partial charge in [0, 0.05) is 24.2 Å². The molecule has 0 unspecified atom stereocenters. The van der Waals surface area contributed by atoms with Crippen molar-refractivity contribution in [1.82, 2.24) is 9.55 Å². The maximum absolute atomic E-state index is 12.1. The first-order chi connectivity index (χ1) is 13.6. The van der Waals surface area contributed by atoms with Gasteiger partial charge >= 0.3 is 0 Å². The molecule has 1 aliphatic rings. The average Bonchev–Trinajstić information content (AvgIpc) is 3.57. The molecule has 1 fully saturated rings. The lowest BCUT2D eigenvalue weighted by atomic mass is 9.96. The van der Waals surface area contributed by atoms with Crippen molar-refractivity contribution < 1.29 is 5.11 Å². The first-order valence-corrected chi connectivity index (χ1v) is 9.51. The molecule has 1 saturated carbocycles. The lowest BCUT2D eigenvalue weighted by molar-refractivity contribution is 0.477. The second-order valence-electron chi connectivity index (χ2n) is 7.44. The molecule has 28 heavy (non-hydrogen) atoms. The van der Waals surface area contributed by atoms with E-state index in [9.17, 15) is 9.90 Å². The van der Waals surface area contributed by atoms with Gasteiger partial charge in [-0.3, -0.25) is 4.79 Å². The summed E-state index contributed by atoms with van der Waals surface area (Å²) < 4.78 is 1.61. The van der Waals surface area contributed by atoms with Crippen molar-refractivity contribution in [3.8, 4) is 28.1 Å². The van der Waals surface area contributed by atoms with Crippen LogP contribution in [0.4, 0.5) is 0 Å². The van der Waals surface area contributed by atoms with E-state index in [4.69, 9.17) is 4.98 Å². The van der Waals surface area contributed by atoms with Crippen molar-refractivity contribution in [2.75, 3.05) is 0 Å². The summed E-state index contributed by atoms with van der Waals surface area (Å²) in [4.78, 5) is 17.0. The largest absolute Gasteiger partial charge is 0.507 e. The van der Waals surface area contributed by atoms with E-state index in [1.54, 1.807) is 23.7 Å². The van der Waals surface area contributed by atoms with Crippen molar-refractivity contribution in [1.29, 1.82) is 0 Å². The molecule has 0 spiro atoms. The lowest BCUT2D eigenvalue weighted by Crippen LogP contribution is -2.15. The zero-order valence-electron chi connectivity index (χ0n) is 15.6. The fraction of sp³-hybridized carbons (Fsp3) is 0.167. The summed E-state index contributed by atoms with van der Waals surface area (Å²) in [6.45, 7) is 0. The molecule has 1 N–H and O–H groups in total. The van der Waals surface area contributed by atoms with Crippen molar-refractivity contribution >= 4 is 11.0 Å². The van der Waals surface area contributed by atoms with Crippen LogP contribution in [0.5, 0.6) is 5.75 Å². The quantitative estimate of drug-likeness (QED) is 0.562. The van der Waals surface area contributed by atoms with E-state index >= 15 is 0 Å². The summed E-state index contributed by atoms with van der Waals surface area (Å²) in [5.41, 5.74) is 6.04. The van der Waals surface area contributed by atoms with Gasteiger partial charge in [-0.2, -0.15) is 0 Å². The highest BCUT2D eigenvalue weighted by atomic mass is 16.3. The maximum Gasteiger partial charge on any atom is 0.250 e. The molecule has 2 heterocycles. The SMILES string of the molecule is Cn1c(=O)ccc2nc(-c3cc(C4CC4)ccc3O)c(-c3ccccc3)cc21. The van der Waals surface area contributed by atoms with E-state index in [1.807, 2.05) is 42.5 Å². The van der Waals surface area contributed by atoms with Gasteiger partial charge in [0.25, 0.3) is 5.56 Å². The van der Waals surface area contributed by atoms with Crippen molar-refractivity contribution in [3.63, 3.8) is 0 Å². The Hall–Kier alpha value is -3.40. The summed E-state index contributed by atoms with van der Waals surface area (Å²) in [6, 6.07) is 21.1. The summed E-state index contributed by atoms with van der Waals surface area (Å²) in [7, 11) is 1.76. The standard InChI is InChI=1S/C24H20N2O2/c1-26-21-14-18(16-5-3-2-4-6-16)24(25-20(21)10-12-23(26)28)19-13-17(15-7-8-15)9-11-22(19)27/h2-6,9-15,27H,7-8H2,1H3. The number of aromatic hydroxyl groups is 1. The second kappa shape index (κ2) is 6.34. The van der Waals surface area contributed by atoms with Crippen molar-refractivity contribution in [2.24, 2.45) is 7.05 Å². The van der Waals surface area contributed by atoms with Crippen LogP contribution in [0.25, 0.3) is 33.4 Å². The third-order valence-corrected chi connectivity index (χ3v) is 5.52. The number of hydrogen-bond acceptors (Lipinski definition) is 3. The van der Waals surface area contributed by atoms with Crippen LogP contribution >= 0.6 is 0 Å². The Balaban J connectivity index is 1.84. The van der Waals surface area contributed by atoms with Crippen molar-refractivity contribution in [3.05, 3.63) is 82.6 Å². The van der Waals surface area contributed by atoms with E-state index in [1.165, 1.54) is 24.5 Å². The number of nitrogens with zero attached hydrogens (tertiary/aromatic N) is 2. The minimum Gasteiger partial charge on any atom is -0.507 e. The molecule has 4 heteroatoms. The number of rotatable bonds is 3. The van der Waals surface area contributed by atoms with Gasteiger partial charge in [-0.25, -0.2) is 4.98 Å². The lowest BCUT2D eigenvalue weighted by Gasteiger charge is -2.15. The first kappa shape index (κ1) is 16.8. The molecular weight excluding hydrogens is 348 g/mol. The monoisotopic (exact) mass is 368 g/mol. The number of phenolic OH excluding ortho intramolecular Hbond substituents is 1. The number of phenols is 1. The molecule has 4 aromatic rings. The second-order valence-corrected chi connectivity index (χ2v) is 7.44. The van der Waals surface area contributed by atoms with E-state index in [0.29, 0.717) is 5.92 Å². The molecular formula is C24H20N2O2. The third kappa shape index (κ3) is 2.78. The summed E-state index contributed by atoms with van der Waals surface area (Å²) in [6.07, 6.45) is 2.39. The number of hydrogen-bond donors (Lipinski definition) is 1. The Labute approximate surface area is 162 Å². The minimum absolute atomic E-state index is 0.0698. The Morgan fingerprint density at radius 2 is 1.75 bits per heavy atom. The summed E-state index contributed by atoms with van der Waals surface area (Å²) in [5.74, 6) is 0.805. The predicted octanol–water partition coefficient (Wildman–Crippen LogP) is 4.85. The van der Waals surface area contributed by atoms with Gasteiger partial charge in [0.05, 0.1) is 16.7 Å². The zero-order chi connectivity index (χ0) is 19.3. The average molecular weight is 368 g/mol. The fourth-order valence-electron chi connectivity index (χ4n) is 3.75. The van der Waals surface area contributed by atoms with Gasteiger partial charge in [-0.15, -0.1) is 0 Å². The van der Waals surface area contributed by atoms with E-state index < -0.39 is 0 Å². The molecule has 0 saturated heterocycles. The molecule has 2 aromatic heterocycles. The Bertz CT molecular complexity index is 1260. The highest BCUT2D eigenvalue weighted by Gasteiger charge is 2.25. The van der Waals surface area contributed by atoms with Crippen LogP contribution in [0.15, 0.2) is 71.5 Å². The zero-order valence-corrected chi connectivity index (χ0v) is 15.6. The molecule has 4 nitrogen and oxygen atoms in total. The van der Waals surface area contributed by atoms with Crippen LogP contribution in [0, 0.1) is 0 Å². The molecule has 0 amide bonds. The third-order valence-electron chi connectivity index (χ3n) is 5.52. The summed E-state index contributed by atoms with van der Waals surface area (Å²) in [5, 5.41) is 10.6. The van der Waals surface area contributed by atoms with E-state index in [-0.39, 0.29) is 11.3 Å². The number of benzene rings is 2. The van der Waals surface area contributed by atoms with Gasteiger partial charge in [-0.05, 0) is 54.2 Å². The first-order valence-electron chi connectivity index (χ1n) is 9.51.